The third-order valence-electron chi connectivity index (χ3n) is 7.34. The SMILES string of the molecule is c1ccc(-c2cc(-c3ccccc3)cc(-n3c4ccccc4c4c5c(ccc43)sc3ncncc35)c2)cc1. The summed E-state index contributed by atoms with van der Waals surface area (Å²) in [5.41, 5.74) is 8.33. The molecule has 0 aliphatic carbocycles. The fourth-order valence-corrected chi connectivity index (χ4v) is 6.71. The first-order chi connectivity index (χ1) is 18.8. The normalized spacial score (nSPS) is 11.7. The van der Waals surface area contributed by atoms with E-state index in [2.05, 4.69) is 130 Å². The van der Waals surface area contributed by atoms with Gasteiger partial charge in [0, 0.05) is 38.1 Å². The van der Waals surface area contributed by atoms with Crippen LogP contribution in [0.2, 0.25) is 0 Å². The molecule has 3 aromatic heterocycles. The zero-order chi connectivity index (χ0) is 25.1. The van der Waals surface area contributed by atoms with Crippen LogP contribution in [0.3, 0.4) is 0 Å². The molecule has 5 aromatic carbocycles. The molecule has 0 bridgehead atoms. The molecule has 38 heavy (non-hydrogen) atoms. The zero-order valence-corrected chi connectivity index (χ0v) is 21.2. The molecule has 0 aliphatic heterocycles. The molecule has 3 heterocycles. The summed E-state index contributed by atoms with van der Waals surface area (Å²) in [5.74, 6) is 0. The highest BCUT2D eigenvalue weighted by Gasteiger charge is 2.19. The predicted octanol–water partition coefficient (Wildman–Crippen LogP) is 9.28. The van der Waals surface area contributed by atoms with Crippen molar-refractivity contribution in [2.24, 2.45) is 0 Å². The van der Waals surface area contributed by atoms with E-state index >= 15 is 0 Å². The predicted molar refractivity (Wildman–Crippen MR) is 160 cm³/mol. The smallest absolute Gasteiger partial charge is 0.127 e. The highest BCUT2D eigenvalue weighted by molar-refractivity contribution is 7.25. The van der Waals surface area contributed by atoms with Gasteiger partial charge in [-0.15, -0.1) is 11.3 Å². The average Bonchev–Trinajstić information content (AvgIpc) is 3.53. The lowest BCUT2D eigenvalue weighted by Crippen LogP contribution is -1.96. The molecule has 4 heteroatoms. The summed E-state index contributed by atoms with van der Waals surface area (Å²) in [6, 6.07) is 41.4. The second kappa shape index (κ2) is 8.37. The largest absolute Gasteiger partial charge is 0.309 e. The molecule has 0 aliphatic rings. The van der Waals surface area contributed by atoms with E-state index in [4.69, 9.17) is 0 Å². The van der Waals surface area contributed by atoms with Gasteiger partial charge in [0.1, 0.15) is 11.2 Å². The Balaban J connectivity index is 1.51. The number of benzene rings is 5. The second-order valence-corrected chi connectivity index (χ2v) is 10.6. The van der Waals surface area contributed by atoms with Gasteiger partial charge in [0.15, 0.2) is 0 Å². The minimum atomic E-state index is 1.02. The van der Waals surface area contributed by atoms with E-state index in [1.807, 2.05) is 6.20 Å². The van der Waals surface area contributed by atoms with E-state index in [0.29, 0.717) is 0 Å². The summed E-state index contributed by atoms with van der Waals surface area (Å²) in [4.78, 5) is 9.95. The van der Waals surface area contributed by atoms with Crippen LogP contribution < -0.4 is 0 Å². The first kappa shape index (κ1) is 21.3. The molecular formula is C34H21N3S. The summed E-state index contributed by atoms with van der Waals surface area (Å²) in [5, 5.41) is 4.85. The molecule has 178 valence electrons. The van der Waals surface area contributed by atoms with Crippen molar-refractivity contribution in [2.75, 3.05) is 0 Å². The van der Waals surface area contributed by atoms with Gasteiger partial charge in [0.2, 0.25) is 0 Å². The lowest BCUT2D eigenvalue weighted by molar-refractivity contribution is 1.18. The first-order valence-corrected chi connectivity index (χ1v) is 13.5. The summed E-state index contributed by atoms with van der Waals surface area (Å²) in [6.07, 6.45) is 3.59. The quantitative estimate of drug-likeness (QED) is 0.240. The number of nitrogens with zero attached hydrogens (tertiary/aromatic N) is 3. The monoisotopic (exact) mass is 503 g/mol. The Labute approximate surface area is 223 Å². The van der Waals surface area contributed by atoms with E-state index in [1.165, 1.54) is 54.1 Å². The third-order valence-corrected chi connectivity index (χ3v) is 8.42. The van der Waals surface area contributed by atoms with Crippen LogP contribution in [0.5, 0.6) is 0 Å². The Morgan fingerprint density at radius 1 is 0.553 bits per heavy atom. The van der Waals surface area contributed by atoms with Crippen molar-refractivity contribution in [3.63, 3.8) is 0 Å². The van der Waals surface area contributed by atoms with E-state index in [-0.39, 0.29) is 0 Å². The topological polar surface area (TPSA) is 30.7 Å². The molecule has 0 atom stereocenters. The molecule has 0 amide bonds. The number of hydrogen-bond acceptors (Lipinski definition) is 3. The molecule has 0 fully saturated rings. The average molecular weight is 504 g/mol. The number of aromatic nitrogens is 3. The van der Waals surface area contributed by atoms with E-state index in [1.54, 1.807) is 17.7 Å². The van der Waals surface area contributed by atoms with Crippen molar-refractivity contribution in [1.29, 1.82) is 0 Å². The molecule has 0 N–H and O–H groups in total. The van der Waals surface area contributed by atoms with Crippen molar-refractivity contribution in [3.05, 3.63) is 128 Å². The van der Waals surface area contributed by atoms with Crippen molar-refractivity contribution >= 4 is 53.4 Å². The molecule has 0 saturated carbocycles. The third kappa shape index (κ3) is 3.21. The van der Waals surface area contributed by atoms with Crippen molar-refractivity contribution < 1.29 is 0 Å². The maximum Gasteiger partial charge on any atom is 0.127 e. The maximum absolute atomic E-state index is 4.56. The molecule has 0 spiro atoms. The Morgan fingerprint density at radius 2 is 1.24 bits per heavy atom. The highest BCUT2D eigenvalue weighted by Crippen LogP contribution is 2.43. The molecule has 0 saturated heterocycles. The van der Waals surface area contributed by atoms with Crippen molar-refractivity contribution in [1.82, 2.24) is 14.5 Å². The van der Waals surface area contributed by atoms with Crippen LogP contribution in [0.4, 0.5) is 0 Å². The van der Waals surface area contributed by atoms with Gasteiger partial charge in [-0.2, -0.15) is 0 Å². The Morgan fingerprint density at radius 3 is 1.97 bits per heavy atom. The molecule has 8 aromatic rings. The molecule has 3 nitrogen and oxygen atoms in total. The van der Waals surface area contributed by atoms with Gasteiger partial charge in [-0.3, -0.25) is 0 Å². The number of para-hydroxylation sites is 1. The fraction of sp³-hybridized carbons (Fsp3) is 0. The van der Waals surface area contributed by atoms with E-state index in [0.717, 1.165) is 15.9 Å². The van der Waals surface area contributed by atoms with Crippen LogP contribution >= 0.6 is 11.3 Å². The number of thiophene rings is 1. The minimum absolute atomic E-state index is 1.02. The summed E-state index contributed by atoms with van der Waals surface area (Å²) < 4.78 is 3.65. The number of hydrogen-bond donors (Lipinski definition) is 0. The lowest BCUT2D eigenvalue weighted by Gasteiger charge is -2.14. The van der Waals surface area contributed by atoms with Gasteiger partial charge in [-0.25, -0.2) is 9.97 Å². The molecule has 0 unspecified atom stereocenters. The van der Waals surface area contributed by atoms with E-state index in [9.17, 15) is 0 Å². The zero-order valence-electron chi connectivity index (χ0n) is 20.4. The maximum atomic E-state index is 4.56. The van der Waals surface area contributed by atoms with Crippen LogP contribution in [0.1, 0.15) is 0 Å². The van der Waals surface area contributed by atoms with Gasteiger partial charge < -0.3 is 4.57 Å². The summed E-state index contributed by atoms with van der Waals surface area (Å²) >= 11 is 1.73. The van der Waals surface area contributed by atoms with Crippen LogP contribution in [0, 0.1) is 0 Å². The Kier molecular flexibility index (Phi) is 4.69. The second-order valence-electron chi connectivity index (χ2n) is 9.53. The fourth-order valence-electron chi connectivity index (χ4n) is 5.68. The van der Waals surface area contributed by atoms with Crippen molar-refractivity contribution in [2.45, 2.75) is 0 Å². The van der Waals surface area contributed by atoms with Crippen molar-refractivity contribution in [3.8, 4) is 27.9 Å². The lowest BCUT2D eigenvalue weighted by atomic mass is 9.98. The van der Waals surface area contributed by atoms with Gasteiger partial charge in [0.25, 0.3) is 0 Å². The van der Waals surface area contributed by atoms with Gasteiger partial charge in [0.05, 0.1) is 11.0 Å². The van der Waals surface area contributed by atoms with Gasteiger partial charge >= 0.3 is 0 Å². The molecular weight excluding hydrogens is 482 g/mol. The molecule has 8 rings (SSSR count). The minimum Gasteiger partial charge on any atom is -0.309 e. The first-order valence-electron chi connectivity index (χ1n) is 12.7. The van der Waals surface area contributed by atoms with Gasteiger partial charge in [-0.05, 0) is 58.7 Å². The Bertz CT molecular complexity index is 2070. The van der Waals surface area contributed by atoms with Crippen LogP contribution in [-0.2, 0) is 0 Å². The summed E-state index contributed by atoms with van der Waals surface area (Å²) in [6.45, 7) is 0. The Hall–Kier alpha value is -4.80. The van der Waals surface area contributed by atoms with Gasteiger partial charge in [-0.1, -0.05) is 78.9 Å². The number of rotatable bonds is 3. The van der Waals surface area contributed by atoms with Crippen LogP contribution in [0.15, 0.2) is 128 Å². The highest BCUT2D eigenvalue weighted by atomic mass is 32.1. The standard InChI is InChI=1S/C34H21N3S/c1-3-9-22(10-4-1)24-17-25(23-11-5-2-6-12-23)19-26(18-24)37-29-14-8-7-13-27(29)32-30(37)15-16-31-33(32)28-20-35-21-36-34(28)38-31/h1-21H. The molecule has 0 radical (unpaired) electrons. The van der Waals surface area contributed by atoms with E-state index < -0.39 is 0 Å². The number of fused-ring (bicyclic) bond motifs is 7. The van der Waals surface area contributed by atoms with Crippen LogP contribution in [0.25, 0.3) is 70.0 Å². The summed E-state index contributed by atoms with van der Waals surface area (Å²) in [7, 11) is 0. The van der Waals surface area contributed by atoms with Crippen LogP contribution in [-0.4, -0.2) is 14.5 Å².